The number of carbonyl (C=O) groups is 1. The lowest BCUT2D eigenvalue weighted by atomic mass is 10.1. The number of halogens is 2. The Morgan fingerprint density at radius 3 is 2.74 bits per heavy atom. The topological polar surface area (TPSA) is 54.5 Å². The largest absolute Gasteiger partial charge is 0.338 e. The second-order valence-corrected chi connectivity index (χ2v) is 6.09. The van der Waals surface area contributed by atoms with Gasteiger partial charge in [0.25, 0.3) is 0 Å². The Hall–Kier alpha value is -1.50. The molecule has 0 saturated carbocycles. The van der Waals surface area contributed by atoms with Crippen molar-refractivity contribution in [3.63, 3.8) is 0 Å². The summed E-state index contributed by atoms with van der Waals surface area (Å²) < 4.78 is 46.7. The van der Waals surface area contributed by atoms with Crippen LogP contribution in [0.4, 0.5) is 8.28 Å². The van der Waals surface area contributed by atoms with Gasteiger partial charge < -0.3 is 4.90 Å². The molecule has 2 rings (SSSR count). The zero-order chi connectivity index (χ0) is 14.0. The lowest BCUT2D eigenvalue weighted by molar-refractivity contribution is -0.128. The van der Waals surface area contributed by atoms with Gasteiger partial charge in [0.05, 0.1) is 5.75 Å². The maximum Gasteiger partial charge on any atom is 0.302 e. The standard InChI is InChI=1S/C12H13F2NO3S/c13-11-3-1-2-9(4-11)6-15-7-10(5-12(15)16)8-19(14,17)18/h1-4,10H,5-8H2. The summed E-state index contributed by atoms with van der Waals surface area (Å²) in [5.41, 5.74) is 0.622. The van der Waals surface area contributed by atoms with Gasteiger partial charge in [-0.25, -0.2) is 4.39 Å². The zero-order valence-electron chi connectivity index (χ0n) is 10.1. The van der Waals surface area contributed by atoms with Crippen LogP contribution in [0.3, 0.4) is 0 Å². The first-order valence-corrected chi connectivity index (χ1v) is 7.33. The number of likely N-dealkylation sites (tertiary alicyclic amines) is 1. The van der Waals surface area contributed by atoms with Gasteiger partial charge in [-0.2, -0.15) is 8.42 Å². The molecule has 0 spiro atoms. The molecule has 1 amide bonds. The third-order valence-electron chi connectivity index (χ3n) is 2.99. The second-order valence-electron chi connectivity index (χ2n) is 4.68. The summed E-state index contributed by atoms with van der Waals surface area (Å²) in [6.07, 6.45) is 0.0124. The van der Waals surface area contributed by atoms with Gasteiger partial charge in [-0.1, -0.05) is 12.1 Å². The molecule has 4 nitrogen and oxygen atoms in total. The molecule has 1 aromatic rings. The van der Waals surface area contributed by atoms with Crippen LogP contribution in [-0.2, 0) is 21.6 Å². The molecule has 0 N–H and O–H groups in total. The lowest BCUT2D eigenvalue weighted by Gasteiger charge is -2.16. The normalized spacial score (nSPS) is 20.0. The fraction of sp³-hybridized carbons (Fsp3) is 0.417. The Labute approximate surface area is 110 Å². The van der Waals surface area contributed by atoms with Crippen molar-refractivity contribution in [2.45, 2.75) is 13.0 Å². The van der Waals surface area contributed by atoms with E-state index in [-0.39, 0.29) is 25.4 Å². The number of nitrogens with zero attached hydrogens (tertiary/aromatic N) is 1. The molecule has 7 heteroatoms. The quantitative estimate of drug-likeness (QED) is 0.789. The van der Waals surface area contributed by atoms with E-state index in [1.165, 1.54) is 23.1 Å². The molecule has 1 unspecified atom stereocenters. The highest BCUT2D eigenvalue weighted by atomic mass is 32.3. The first-order valence-electron chi connectivity index (χ1n) is 5.78. The number of carbonyl (C=O) groups excluding carboxylic acids is 1. The van der Waals surface area contributed by atoms with E-state index in [1.807, 2.05) is 0 Å². The molecule has 19 heavy (non-hydrogen) atoms. The van der Waals surface area contributed by atoms with E-state index < -0.39 is 27.7 Å². The number of hydrogen-bond acceptors (Lipinski definition) is 3. The average Bonchev–Trinajstić information content (AvgIpc) is 2.56. The van der Waals surface area contributed by atoms with Crippen LogP contribution in [0.1, 0.15) is 12.0 Å². The van der Waals surface area contributed by atoms with Crippen LogP contribution in [0.15, 0.2) is 24.3 Å². The predicted octanol–water partition coefficient (Wildman–Crippen LogP) is 1.47. The van der Waals surface area contributed by atoms with Gasteiger partial charge in [0.1, 0.15) is 5.82 Å². The molecule has 0 radical (unpaired) electrons. The van der Waals surface area contributed by atoms with Gasteiger partial charge in [-0.05, 0) is 17.7 Å². The number of hydrogen-bond donors (Lipinski definition) is 0. The van der Waals surface area contributed by atoms with Gasteiger partial charge in [0.2, 0.25) is 5.91 Å². The van der Waals surface area contributed by atoms with Crippen molar-refractivity contribution >= 4 is 16.1 Å². The summed E-state index contributed by atoms with van der Waals surface area (Å²) in [7, 11) is -4.57. The monoisotopic (exact) mass is 289 g/mol. The number of benzene rings is 1. The minimum absolute atomic E-state index is 0.0124. The Morgan fingerprint density at radius 1 is 1.37 bits per heavy atom. The first kappa shape index (κ1) is 13.9. The van der Waals surface area contributed by atoms with Crippen molar-refractivity contribution in [2.24, 2.45) is 5.92 Å². The maximum absolute atomic E-state index is 13.0. The highest BCUT2D eigenvalue weighted by molar-refractivity contribution is 7.86. The molecule has 1 saturated heterocycles. The molecular formula is C12H13F2NO3S. The maximum atomic E-state index is 13.0. The van der Waals surface area contributed by atoms with E-state index in [2.05, 4.69) is 0 Å². The van der Waals surface area contributed by atoms with Crippen molar-refractivity contribution in [1.29, 1.82) is 0 Å². The van der Waals surface area contributed by atoms with Gasteiger partial charge in [-0.3, -0.25) is 4.79 Å². The molecule has 1 aromatic carbocycles. The minimum Gasteiger partial charge on any atom is -0.338 e. The summed E-state index contributed by atoms with van der Waals surface area (Å²) in [4.78, 5) is 13.1. The van der Waals surface area contributed by atoms with E-state index >= 15 is 0 Å². The third kappa shape index (κ3) is 3.99. The summed E-state index contributed by atoms with van der Waals surface area (Å²) in [6, 6.07) is 5.82. The van der Waals surface area contributed by atoms with E-state index in [1.54, 1.807) is 6.07 Å². The zero-order valence-corrected chi connectivity index (χ0v) is 10.9. The summed E-state index contributed by atoms with van der Waals surface area (Å²) in [5.74, 6) is -1.81. The molecule has 104 valence electrons. The third-order valence-corrected chi connectivity index (χ3v) is 3.86. The van der Waals surface area contributed by atoms with Gasteiger partial charge in [0, 0.05) is 25.4 Å². The molecule has 0 bridgehead atoms. The molecule has 1 aliphatic heterocycles. The summed E-state index contributed by atoms with van der Waals surface area (Å²) in [6.45, 7) is 0.387. The van der Waals surface area contributed by atoms with Crippen LogP contribution in [0.25, 0.3) is 0 Å². The van der Waals surface area contributed by atoms with E-state index in [0.717, 1.165) is 0 Å². The number of rotatable bonds is 4. The number of amides is 1. The first-order chi connectivity index (χ1) is 8.83. The van der Waals surface area contributed by atoms with Crippen molar-refractivity contribution in [2.75, 3.05) is 12.3 Å². The molecular weight excluding hydrogens is 276 g/mol. The van der Waals surface area contributed by atoms with E-state index in [9.17, 15) is 21.5 Å². The fourth-order valence-corrected chi connectivity index (χ4v) is 3.04. The SMILES string of the molecule is O=C1CC(CS(=O)(=O)F)CN1Cc1cccc(F)c1. The Bertz CT molecular complexity index is 588. The highest BCUT2D eigenvalue weighted by Gasteiger charge is 2.32. The van der Waals surface area contributed by atoms with Crippen LogP contribution in [0, 0.1) is 11.7 Å². The van der Waals surface area contributed by atoms with Crippen LogP contribution < -0.4 is 0 Å². The van der Waals surface area contributed by atoms with Crippen molar-refractivity contribution < 1.29 is 21.5 Å². The molecule has 1 fully saturated rings. The molecule has 1 atom stereocenters. The Morgan fingerprint density at radius 2 is 2.11 bits per heavy atom. The van der Waals surface area contributed by atoms with Crippen LogP contribution >= 0.6 is 0 Å². The summed E-state index contributed by atoms with van der Waals surface area (Å²) in [5, 5.41) is 0. The smallest absolute Gasteiger partial charge is 0.302 e. The van der Waals surface area contributed by atoms with E-state index in [4.69, 9.17) is 0 Å². The average molecular weight is 289 g/mol. The lowest BCUT2D eigenvalue weighted by Crippen LogP contribution is -2.25. The second kappa shape index (κ2) is 5.24. The molecule has 0 aromatic heterocycles. The van der Waals surface area contributed by atoms with Crippen molar-refractivity contribution in [1.82, 2.24) is 4.90 Å². The van der Waals surface area contributed by atoms with Gasteiger partial charge in [-0.15, -0.1) is 3.89 Å². The van der Waals surface area contributed by atoms with E-state index in [0.29, 0.717) is 5.56 Å². The van der Waals surface area contributed by atoms with Gasteiger partial charge in [0.15, 0.2) is 0 Å². The summed E-state index contributed by atoms with van der Waals surface area (Å²) >= 11 is 0. The van der Waals surface area contributed by atoms with Crippen molar-refractivity contribution in [3.05, 3.63) is 35.6 Å². The van der Waals surface area contributed by atoms with Crippen LogP contribution in [0.2, 0.25) is 0 Å². The predicted molar refractivity (Wildman–Crippen MR) is 64.8 cm³/mol. The highest BCUT2D eigenvalue weighted by Crippen LogP contribution is 2.22. The van der Waals surface area contributed by atoms with Gasteiger partial charge >= 0.3 is 10.2 Å². The Kier molecular flexibility index (Phi) is 3.84. The molecule has 1 aliphatic rings. The van der Waals surface area contributed by atoms with Crippen LogP contribution in [-0.4, -0.2) is 31.5 Å². The fourth-order valence-electron chi connectivity index (χ4n) is 2.26. The Balaban J connectivity index is 2.01. The molecule has 0 aliphatic carbocycles. The molecule has 1 heterocycles. The van der Waals surface area contributed by atoms with Crippen LogP contribution in [0.5, 0.6) is 0 Å². The minimum atomic E-state index is -4.57. The van der Waals surface area contributed by atoms with Crippen molar-refractivity contribution in [3.8, 4) is 0 Å².